The predicted octanol–water partition coefficient (Wildman–Crippen LogP) is 2.50. The van der Waals surface area contributed by atoms with E-state index < -0.39 is 8.25 Å². The van der Waals surface area contributed by atoms with Crippen LogP contribution in [0.4, 0.5) is 5.95 Å². The molecule has 4 rings (SSSR count). The van der Waals surface area contributed by atoms with Gasteiger partial charge in [-0.1, -0.05) is 0 Å². The van der Waals surface area contributed by atoms with E-state index in [0.29, 0.717) is 42.5 Å². The Kier molecular flexibility index (Phi) is 8.43. The lowest BCUT2D eigenvalue weighted by molar-refractivity contribution is -0.138. The summed E-state index contributed by atoms with van der Waals surface area (Å²) < 4.78 is 15.5. The Labute approximate surface area is 204 Å². The molecule has 12 heteroatoms. The molecule has 2 aliphatic rings. The van der Waals surface area contributed by atoms with Crippen molar-refractivity contribution >= 4 is 26.0 Å². The van der Waals surface area contributed by atoms with Gasteiger partial charge in [0.15, 0.2) is 0 Å². The van der Waals surface area contributed by atoms with Gasteiger partial charge in [-0.05, 0) is 62.5 Å². The third kappa shape index (κ3) is 6.84. The van der Waals surface area contributed by atoms with E-state index in [2.05, 4.69) is 20.3 Å². The standard InChI is InChI=1S/C23H31N6O5P/c24-23-25-8-5-19(28-23)20-11-18(13-26-20)21(30)27-12-15-1-3-17(4-2-15)22(31)29-9-6-16(7-10-29)14-34-35(32)33/h5,8,11,13,15-17H,1-4,6-7,9-10,12,14H2,(H4-,24,25,26,27,28,30,32,33)/p+1. The van der Waals surface area contributed by atoms with Gasteiger partial charge in [0.1, 0.15) is 6.61 Å². The van der Waals surface area contributed by atoms with Crippen molar-refractivity contribution in [2.75, 3.05) is 32.0 Å². The highest BCUT2D eigenvalue weighted by molar-refractivity contribution is 7.32. The predicted molar refractivity (Wildman–Crippen MR) is 129 cm³/mol. The highest BCUT2D eigenvalue weighted by Crippen LogP contribution is 2.31. The molecule has 1 unspecified atom stereocenters. The molecule has 0 spiro atoms. The van der Waals surface area contributed by atoms with Crippen LogP contribution in [0.2, 0.25) is 0 Å². The number of piperidine rings is 1. The van der Waals surface area contributed by atoms with E-state index in [1.54, 1.807) is 24.5 Å². The Hall–Kier alpha value is -2.88. The van der Waals surface area contributed by atoms with Crippen LogP contribution in [0.5, 0.6) is 0 Å². The average Bonchev–Trinajstić information content (AvgIpc) is 3.37. The van der Waals surface area contributed by atoms with Gasteiger partial charge in [-0.3, -0.25) is 9.59 Å². The smallest absolute Gasteiger partial charge is 0.368 e. The Morgan fingerprint density at radius 3 is 2.63 bits per heavy atom. The number of amides is 2. The number of likely N-dealkylation sites (tertiary alicyclic amines) is 1. The van der Waals surface area contributed by atoms with Gasteiger partial charge in [-0.15, -0.1) is 9.42 Å². The SMILES string of the molecule is Nc1nccc(-c2cc(C(=O)NCC3CCC(C(=O)N4CCC(CO[P+](=O)O)CC4)CC3)c[nH]2)n1. The van der Waals surface area contributed by atoms with E-state index >= 15 is 0 Å². The van der Waals surface area contributed by atoms with Crippen LogP contribution in [-0.2, 0) is 13.9 Å². The van der Waals surface area contributed by atoms with Crippen molar-refractivity contribution in [2.24, 2.45) is 17.8 Å². The quantitative estimate of drug-likeness (QED) is 0.399. The summed E-state index contributed by atoms with van der Waals surface area (Å²) in [4.78, 5) is 47.3. The van der Waals surface area contributed by atoms with Gasteiger partial charge < -0.3 is 20.9 Å². The van der Waals surface area contributed by atoms with E-state index in [0.717, 1.165) is 38.5 Å². The number of carbonyl (C=O) groups excluding carboxylic acids is 2. The minimum Gasteiger partial charge on any atom is -0.368 e. The molecule has 2 aromatic rings. The number of anilines is 1. The zero-order valence-electron chi connectivity index (χ0n) is 19.6. The fraction of sp³-hybridized carbons (Fsp3) is 0.565. The van der Waals surface area contributed by atoms with Crippen LogP contribution in [0, 0.1) is 17.8 Å². The first-order valence-electron chi connectivity index (χ1n) is 12.0. The lowest BCUT2D eigenvalue weighted by Crippen LogP contribution is -2.43. The van der Waals surface area contributed by atoms with Gasteiger partial charge in [-0.2, -0.15) is 0 Å². The monoisotopic (exact) mass is 503 g/mol. The number of nitrogens with zero attached hydrogens (tertiary/aromatic N) is 3. The molecule has 1 saturated carbocycles. The van der Waals surface area contributed by atoms with Crippen molar-refractivity contribution in [2.45, 2.75) is 38.5 Å². The molecule has 35 heavy (non-hydrogen) atoms. The minimum atomic E-state index is -2.56. The summed E-state index contributed by atoms with van der Waals surface area (Å²) in [5.74, 6) is 0.851. The number of nitrogens with one attached hydrogen (secondary N) is 2. The van der Waals surface area contributed by atoms with Crippen LogP contribution in [0.25, 0.3) is 11.4 Å². The van der Waals surface area contributed by atoms with Gasteiger partial charge in [-0.25, -0.2) is 9.97 Å². The Bertz CT molecular complexity index is 1050. The first-order valence-corrected chi connectivity index (χ1v) is 13.2. The van der Waals surface area contributed by atoms with Gasteiger partial charge in [0.2, 0.25) is 11.9 Å². The molecule has 11 nitrogen and oxygen atoms in total. The maximum Gasteiger partial charge on any atom is 0.694 e. The number of hydrogen-bond donors (Lipinski definition) is 4. The third-order valence-electron chi connectivity index (χ3n) is 6.99. The summed E-state index contributed by atoms with van der Waals surface area (Å²) in [5, 5.41) is 3.01. The molecular formula is C23H32N6O5P+. The lowest BCUT2D eigenvalue weighted by Gasteiger charge is -2.36. The fourth-order valence-electron chi connectivity index (χ4n) is 4.90. The van der Waals surface area contributed by atoms with Gasteiger partial charge in [0.25, 0.3) is 5.91 Å². The second-order valence-corrected chi connectivity index (χ2v) is 10.1. The van der Waals surface area contributed by atoms with Gasteiger partial charge >= 0.3 is 8.25 Å². The van der Waals surface area contributed by atoms with Crippen molar-refractivity contribution in [1.82, 2.24) is 25.2 Å². The first kappa shape index (κ1) is 25.2. The summed E-state index contributed by atoms with van der Waals surface area (Å²) in [5.41, 5.74) is 7.48. The van der Waals surface area contributed by atoms with Gasteiger partial charge in [0, 0.05) is 42.5 Å². The molecule has 1 aliphatic carbocycles. The Morgan fingerprint density at radius 1 is 1.20 bits per heavy atom. The molecule has 2 amide bonds. The number of aromatic nitrogens is 3. The summed E-state index contributed by atoms with van der Waals surface area (Å²) >= 11 is 0. The van der Waals surface area contributed by atoms with Crippen LogP contribution < -0.4 is 11.1 Å². The largest absolute Gasteiger partial charge is 0.694 e. The molecule has 2 aromatic heterocycles. The molecule has 1 aliphatic heterocycles. The lowest BCUT2D eigenvalue weighted by atomic mass is 9.81. The summed E-state index contributed by atoms with van der Waals surface area (Å²) in [7, 11) is -2.56. The van der Waals surface area contributed by atoms with Crippen molar-refractivity contribution < 1.29 is 23.6 Å². The molecular weight excluding hydrogens is 471 g/mol. The molecule has 0 aromatic carbocycles. The van der Waals surface area contributed by atoms with E-state index in [1.807, 2.05) is 4.90 Å². The van der Waals surface area contributed by atoms with Crippen molar-refractivity contribution in [3.63, 3.8) is 0 Å². The Balaban J connectivity index is 1.18. The third-order valence-corrected chi connectivity index (χ3v) is 7.36. The van der Waals surface area contributed by atoms with E-state index in [9.17, 15) is 14.2 Å². The molecule has 5 N–H and O–H groups in total. The van der Waals surface area contributed by atoms with E-state index in [1.165, 1.54) is 0 Å². The number of hydrogen-bond acceptors (Lipinski definition) is 7. The van der Waals surface area contributed by atoms with Crippen LogP contribution >= 0.6 is 8.25 Å². The molecule has 1 saturated heterocycles. The van der Waals surface area contributed by atoms with E-state index in [-0.39, 0.29) is 36.2 Å². The number of H-pyrrole nitrogens is 1. The maximum absolute atomic E-state index is 12.9. The number of rotatable bonds is 8. The molecule has 2 fully saturated rings. The average molecular weight is 504 g/mol. The topological polar surface area (TPSA) is 164 Å². The summed E-state index contributed by atoms with van der Waals surface area (Å²) in [6.07, 6.45) is 8.28. The van der Waals surface area contributed by atoms with E-state index in [4.69, 9.17) is 15.2 Å². The number of nitrogens with two attached hydrogens (primary N) is 1. The van der Waals surface area contributed by atoms with Crippen molar-refractivity contribution in [3.05, 3.63) is 30.1 Å². The number of aromatic amines is 1. The van der Waals surface area contributed by atoms with Gasteiger partial charge in [0.05, 0.1) is 17.0 Å². The molecule has 3 heterocycles. The second kappa shape index (κ2) is 11.7. The zero-order valence-corrected chi connectivity index (χ0v) is 20.5. The van der Waals surface area contributed by atoms with Crippen molar-refractivity contribution in [3.8, 4) is 11.4 Å². The van der Waals surface area contributed by atoms with Crippen LogP contribution in [0.1, 0.15) is 48.9 Å². The van der Waals surface area contributed by atoms with Crippen molar-refractivity contribution in [1.29, 1.82) is 0 Å². The maximum atomic E-state index is 12.9. The Morgan fingerprint density at radius 2 is 1.94 bits per heavy atom. The first-order chi connectivity index (χ1) is 16.9. The fourth-order valence-corrected chi connectivity index (χ4v) is 5.24. The summed E-state index contributed by atoms with van der Waals surface area (Å²) in [6.45, 7) is 2.19. The summed E-state index contributed by atoms with van der Waals surface area (Å²) in [6, 6.07) is 3.47. The zero-order chi connectivity index (χ0) is 24.8. The van der Waals surface area contributed by atoms with Crippen LogP contribution in [0.3, 0.4) is 0 Å². The normalized spacial score (nSPS) is 21.5. The molecule has 1 atom stereocenters. The molecule has 0 radical (unpaired) electrons. The second-order valence-electron chi connectivity index (χ2n) is 9.33. The number of carbonyl (C=O) groups is 2. The van der Waals surface area contributed by atoms with Crippen LogP contribution in [0.15, 0.2) is 24.5 Å². The molecule has 0 bridgehead atoms. The number of nitrogen functional groups attached to an aromatic ring is 1. The molecule has 188 valence electrons. The highest BCUT2D eigenvalue weighted by Gasteiger charge is 2.32. The van der Waals surface area contributed by atoms with Crippen LogP contribution in [-0.4, -0.2) is 62.8 Å². The highest BCUT2D eigenvalue weighted by atomic mass is 31.1. The minimum absolute atomic E-state index is 0.0363.